The van der Waals surface area contributed by atoms with E-state index in [0.717, 1.165) is 16.5 Å². The average Bonchev–Trinajstić information content (AvgIpc) is 2.85. The van der Waals surface area contributed by atoms with Gasteiger partial charge in [0.15, 0.2) is 0 Å². The fourth-order valence-corrected chi connectivity index (χ4v) is 3.49. The highest BCUT2D eigenvalue weighted by Crippen LogP contribution is 2.26. The van der Waals surface area contributed by atoms with Crippen molar-refractivity contribution in [2.75, 3.05) is 25.1 Å². The van der Waals surface area contributed by atoms with Crippen molar-refractivity contribution < 1.29 is 19.1 Å². The van der Waals surface area contributed by atoms with Crippen molar-refractivity contribution in [3.8, 4) is 5.75 Å². The van der Waals surface area contributed by atoms with Crippen molar-refractivity contribution in [1.29, 1.82) is 5.41 Å². The second kappa shape index (κ2) is 12.7. The number of hydrogen-bond donors (Lipinski definition) is 6. The van der Waals surface area contributed by atoms with Gasteiger partial charge in [0.1, 0.15) is 24.2 Å². The minimum Gasteiger partial charge on any atom is -0.423 e. The molecule has 0 radical (unpaired) electrons. The number of nitrogens with zero attached hydrogens (tertiary/aromatic N) is 1. The molecule has 3 aromatic rings. The summed E-state index contributed by atoms with van der Waals surface area (Å²) in [4.78, 5) is 39.2. The van der Waals surface area contributed by atoms with Gasteiger partial charge in [0.05, 0.1) is 11.9 Å². The van der Waals surface area contributed by atoms with Gasteiger partial charge in [-0.2, -0.15) is 0 Å². The first-order valence-electron chi connectivity index (χ1n) is 11.4. The molecule has 11 heteroatoms. The molecule has 8 N–H and O–H groups in total. The molecule has 0 fully saturated rings. The number of primary amides is 1. The smallest absolute Gasteiger partial charge is 0.343 e. The van der Waals surface area contributed by atoms with Gasteiger partial charge in [0, 0.05) is 25.7 Å². The molecule has 0 aliphatic rings. The summed E-state index contributed by atoms with van der Waals surface area (Å²) in [5.41, 5.74) is 12.6. The van der Waals surface area contributed by atoms with Crippen LogP contribution < -0.4 is 32.2 Å². The Labute approximate surface area is 213 Å². The Bertz CT molecular complexity index is 1310. The molecular formula is C26H29N7O4. The molecule has 2 amide bonds. The van der Waals surface area contributed by atoms with Crippen LogP contribution in [0.2, 0.25) is 0 Å². The summed E-state index contributed by atoms with van der Waals surface area (Å²) in [5.74, 6) is -2.23. The van der Waals surface area contributed by atoms with Crippen molar-refractivity contribution in [2.45, 2.75) is 12.8 Å². The first kappa shape index (κ1) is 26.7. The molecule has 37 heavy (non-hydrogen) atoms. The molecular weight excluding hydrogens is 474 g/mol. The number of esters is 1. The van der Waals surface area contributed by atoms with Crippen LogP contribution in [0.1, 0.15) is 28.8 Å². The summed E-state index contributed by atoms with van der Waals surface area (Å²) in [6.07, 6.45) is 1.56. The van der Waals surface area contributed by atoms with Crippen LogP contribution in [-0.4, -0.2) is 49.7 Å². The van der Waals surface area contributed by atoms with Crippen molar-refractivity contribution in [1.82, 2.24) is 10.6 Å². The van der Waals surface area contributed by atoms with Crippen LogP contribution in [-0.2, 0) is 9.59 Å². The summed E-state index contributed by atoms with van der Waals surface area (Å²) in [6, 6.07) is 17.1. The Morgan fingerprint density at radius 2 is 1.70 bits per heavy atom. The van der Waals surface area contributed by atoms with Crippen LogP contribution in [0.25, 0.3) is 10.8 Å². The van der Waals surface area contributed by atoms with Crippen molar-refractivity contribution in [3.05, 3.63) is 71.8 Å². The number of nitrogens with two attached hydrogens (primary N) is 2. The number of aliphatic imine (C=N–C) groups is 1. The van der Waals surface area contributed by atoms with E-state index in [-0.39, 0.29) is 11.7 Å². The fourth-order valence-electron chi connectivity index (χ4n) is 3.49. The summed E-state index contributed by atoms with van der Waals surface area (Å²) in [5, 5.41) is 17.9. The molecule has 0 saturated carbocycles. The molecule has 3 rings (SSSR count). The highest BCUT2D eigenvalue weighted by molar-refractivity contribution is 6.06. The number of amides is 2. The largest absolute Gasteiger partial charge is 0.423 e. The number of carbonyl (C=O) groups is 3. The third kappa shape index (κ3) is 7.79. The van der Waals surface area contributed by atoms with Gasteiger partial charge < -0.3 is 32.2 Å². The van der Waals surface area contributed by atoms with E-state index in [0.29, 0.717) is 36.6 Å². The van der Waals surface area contributed by atoms with Crippen LogP contribution in [0.4, 0.5) is 5.69 Å². The average molecular weight is 504 g/mol. The molecule has 192 valence electrons. The lowest BCUT2D eigenvalue weighted by Crippen LogP contribution is -2.32. The van der Waals surface area contributed by atoms with Crippen LogP contribution >= 0.6 is 0 Å². The first-order valence-corrected chi connectivity index (χ1v) is 11.4. The maximum atomic E-state index is 12.6. The van der Waals surface area contributed by atoms with Gasteiger partial charge in [-0.1, -0.05) is 18.2 Å². The van der Waals surface area contributed by atoms with E-state index in [2.05, 4.69) is 20.9 Å². The number of nitrogens with one attached hydrogen (secondary N) is 4. The zero-order chi connectivity index (χ0) is 26.8. The fraction of sp³-hybridized carbons (Fsp3) is 0.192. The Morgan fingerprint density at radius 1 is 1.00 bits per heavy atom. The van der Waals surface area contributed by atoms with E-state index in [4.69, 9.17) is 21.6 Å². The van der Waals surface area contributed by atoms with E-state index in [9.17, 15) is 14.4 Å². The topological polar surface area (TPSA) is 185 Å². The number of benzene rings is 3. The zero-order valence-electron chi connectivity index (χ0n) is 20.3. The molecule has 0 aliphatic carbocycles. The third-order valence-electron chi connectivity index (χ3n) is 5.30. The van der Waals surface area contributed by atoms with Gasteiger partial charge in [0.25, 0.3) is 0 Å². The second-order valence-electron chi connectivity index (χ2n) is 8.11. The lowest BCUT2D eigenvalue weighted by atomic mass is 9.95. The van der Waals surface area contributed by atoms with Crippen molar-refractivity contribution in [2.24, 2.45) is 16.5 Å². The highest BCUT2D eigenvalue weighted by Gasteiger charge is 2.21. The lowest BCUT2D eigenvalue weighted by molar-refractivity contribution is -0.119. The number of rotatable bonds is 12. The van der Waals surface area contributed by atoms with Gasteiger partial charge >= 0.3 is 5.97 Å². The Kier molecular flexibility index (Phi) is 9.14. The number of anilines is 1. The monoisotopic (exact) mass is 503 g/mol. The van der Waals surface area contributed by atoms with E-state index in [1.165, 1.54) is 6.92 Å². The molecule has 0 aromatic heterocycles. The second-order valence-corrected chi connectivity index (χ2v) is 8.11. The third-order valence-corrected chi connectivity index (χ3v) is 5.30. The SMILES string of the molecule is CC(=O)NCCNC=NCNc1ccc(C(=O)Oc2ccc3cc(C(C(=N)N)C(N)=O)ccc3c2)cc1. The van der Waals surface area contributed by atoms with Crippen molar-refractivity contribution in [3.63, 3.8) is 0 Å². The molecule has 0 saturated heterocycles. The van der Waals surface area contributed by atoms with Crippen LogP contribution in [0.15, 0.2) is 65.7 Å². The summed E-state index contributed by atoms with van der Waals surface area (Å²) in [7, 11) is 0. The summed E-state index contributed by atoms with van der Waals surface area (Å²) in [6.45, 7) is 2.89. The summed E-state index contributed by atoms with van der Waals surface area (Å²) < 4.78 is 5.52. The molecule has 3 aromatic carbocycles. The van der Waals surface area contributed by atoms with Gasteiger partial charge in [-0.25, -0.2) is 4.79 Å². The van der Waals surface area contributed by atoms with Crippen LogP contribution in [0.5, 0.6) is 5.75 Å². The Hall–Kier alpha value is -4.93. The van der Waals surface area contributed by atoms with E-state index in [1.807, 2.05) is 0 Å². The summed E-state index contributed by atoms with van der Waals surface area (Å²) >= 11 is 0. The van der Waals surface area contributed by atoms with E-state index >= 15 is 0 Å². The molecule has 11 nitrogen and oxygen atoms in total. The van der Waals surface area contributed by atoms with Gasteiger partial charge in [-0.05, 0) is 58.8 Å². The van der Waals surface area contributed by atoms with Gasteiger partial charge in [-0.3, -0.25) is 20.0 Å². The van der Waals surface area contributed by atoms with Crippen LogP contribution in [0, 0.1) is 5.41 Å². The Morgan fingerprint density at radius 3 is 2.38 bits per heavy atom. The maximum Gasteiger partial charge on any atom is 0.343 e. The molecule has 0 bridgehead atoms. The highest BCUT2D eigenvalue weighted by atomic mass is 16.5. The number of hydrogen-bond acceptors (Lipinski definition) is 7. The maximum absolute atomic E-state index is 12.6. The normalized spacial score (nSPS) is 11.6. The molecule has 0 aliphatic heterocycles. The minimum absolute atomic E-state index is 0.0773. The number of fused-ring (bicyclic) bond motifs is 1. The van der Waals surface area contributed by atoms with E-state index in [1.54, 1.807) is 67.0 Å². The molecule has 0 spiro atoms. The number of ether oxygens (including phenoxy) is 1. The molecule has 1 unspecified atom stereocenters. The van der Waals surface area contributed by atoms with Gasteiger partial charge in [0.2, 0.25) is 11.8 Å². The number of amidine groups is 1. The van der Waals surface area contributed by atoms with Crippen molar-refractivity contribution >= 4 is 46.4 Å². The minimum atomic E-state index is -0.996. The zero-order valence-corrected chi connectivity index (χ0v) is 20.3. The quantitative estimate of drug-likeness (QED) is 0.0713. The number of carbonyl (C=O) groups excluding carboxylic acids is 3. The molecule has 0 heterocycles. The van der Waals surface area contributed by atoms with E-state index < -0.39 is 17.8 Å². The Balaban J connectivity index is 1.54. The van der Waals surface area contributed by atoms with Gasteiger partial charge in [-0.15, -0.1) is 0 Å². The molecule has 1 atom stereocenters. The first-order chi connectivity index (χ1) is 17.7. The lowest BCUT2D eigenvalue weighted by Gasteiger charge is -2.13. The van der Waals surface area contributed by atoms with Crippen LogP contribution in [0.3, 0.4) is 0 Å². The predicted molar refractivity (Wildman–Crippen MR) is 143 cm³/mol. The standard InChI is InChI=1S/C26H29N7O4/c1-16(34)32-11-10-30-14-31-15-33-21-7-4-17(5-8-21)26(36)37-22-9-6-18-12-20(3-2-19(18)13-22)23(24(27)28)25(29)35/h2-9,12-14,23,33H,10-11,15H2,1H3,(H3,27,28)(H2,29,35)(H,30,31)(H,32,34). The predicted octanol–water partition coefficient (Wildman–Crippen LogP) is 1.69.